The van der Waals surface area contributed by atoms with Crippen LogP contribution in [0.25, 0.3) is 32.7 Å². The van der Waals surface area contributed by atoms with Gasteiger partial charge in [-0.2, -0.15) is 26.3 Å². The van der Waals surface area contributed by atoms with E-state index in [9.17, 15) is 26.3 Å². The summed E-state index contributed by atoms with van der Waals surface area (Å²) in [6, 6.07) is 45.0. The fourth-order valence-corrected chi connectivity index (χ4v) is 8.03. The van der Waals surface area contributed by atoms with Crippen LogP contribution >= 0.6 is 12.2 Å². The number of nitrogens with zero attached hydrogens (tertiary/aromatic N) is 1. The third-order valence-electron chi connectivity index (χ3n) is 10.2. The van der Waals surface area contributed by atoms with Crippen molar-refractivity contribution in [1.29, 1.82) is 0 Å². The van der Waals surface area contributed by atoms with Crippen LogP contribution in [0.4, 0.5) is 32.0 Å². The zero-order valence-corrected chi connectivity index (χ0v) is 29.9. The Kier molecular flexibility index (Phi) is 9.57. The van der Waals surface area contributed by atoms with E-state index in [1.165, 1.54) is 0 Å². The van der Waals surface area contributed by atoms with E-state index in [1.807, 2.05) is 84.9 Å². The molecule has 0 saturated carbocycles. The fraction of sp³-hybridized carbons (Fsp3) is 0.133. The smallest absolute Gasteiger partial charge is 0.354 e. The van der Waals surface area contributed by atoms with Crippen LogP contribution in [0.15, 0.2) is 152 Å². The Hall–Kier alpha value is -5.71. The van der Waals surface area contributed by atoms with Crippen molar-refractivity contribution in [2.75, 3.05) is 5.32 Å². The average Bonchev–Trinajstić information content (AvgIpc) is 3.35. The standard InChI is InChI=1S/C45H33F6N3S/c46-44(47,48)34-23-35(45(49,50)51)25-36(24-34)52-43(55)53-41(30-13-3-1-4-14-30)42(31-15-5-2-6-16-31)54-26-32-21-19-28-11-7-9-17-37(28)39(32)40-33(27-54)22-20-29-12-8-10-18-38(29)40/h1-25,41-42H,26-27H2,(H2,52,53,55). The molecule has 0 fully saturated rings. The van der Waals surface area contributed by atoms with Gasteiger partial charge in [0.1, 0.15) is 0 Å². The van der Waals surface area contributed by atoms with Gasteiger partial charge in [0, 0.05) is 18.8 Å². The summed E-state index contributed by atoms with van der Waals surface area (Å²) in [4.78, 5) is 2.36. The van der Waals surface area contributed by atoms with E-state index in [1.54, 1.807) is 0 Å². The Bertz CT molecular complexity index is 2400. The van der Waals surface area contributed by atoms with Crippen LogP contribution in [0.2, 0.25) is 0 Å². The predicted molar refractivity (Wildman–Crippen MR) is 210 cm³/mol. The molecule has 0 spiro atoms. The molecule has 2 atom stereocenters. The molecule has 0 saturated heterocycles. The Balaban J connectivity index is 1.26. The molecule has 7 aromatic carbocycles. The number of thiocarbonyl (C=S) groups is 1. The van der Waals surface area contributed by atoms with Gasteiger partial charge in [-0.3, -0.25) is 4.90 Å². The van der Waals surface area contributed by atoms with Gasteiger partial charge < -0.3 is 10.6 Å². The summed E-state index contributed by atoms with van der Waals surface area (Å²) in [5, 5.41) is 10.4. The number of hydrogen-bond acceptors (Lipinski definition) is 2. The van der Waals surface area contributed by atoms with Crippen molar-refractivity contribution in [1.82, 2.24) is 10.2 Å². The normalized spacial score (nSPS) is 14.4. The number of fused-ring (bicyclic) bond motifs is 7. The second-order valence-electron chi connectivity index (χ2n) is 13.7. The van der Waals surface area contributed by atoms with Gasteiger partial charge in [-0.25, -0.2) is 0 Å². The quantitative estimate of drug-likeness (QED) is 0.130. The molecule has 3 nitrogen and oxygen atoms in total. The highest BCUT2D eigenvalue weighted by atomic mass is 32.1. The molecule has 55 heavy (non-hydrogen) atoms. The number of nitrogens with one attached hydrogen (secondary N) is 2. The molecule has 2 unspecified atom stereocenters. The Morgan fingerprint density at radius 2 is 1.00 bits per heavy atom. The second-order valence-corrected chi connectivity index (χ2v) is 14.1. The fourth-order valence-electron chi connectivity index (χ4n) is 7.78. The summed E-state index contributed by atoms with van der Waals surface area (Å²) in [6.45, 7) is 1.05. The first-order valence-corrected chi connectivity index (χ1v) is 18.1. The number of benzene rings is 7. The summed E-state index contributed by atoms with van der Waals surface area (Å²) in [5.41, 5.74) is 3.01. The van der Waals surface area contributed by atoms with E-state index < -0.39 is 41.3 Å². The molecule has 10 heteroatoms. The molecule has 0 radical (unpaired) electrons. The molecular formula is C45H33F6N3S. The lowest BCUT2D eigenvalue weighted by Gasteiger charge is -2.38. The van der Waals surface area contributed by atoms with Crippen LogP contribution in [-0.4, -0.2) is 10.0 Å². The minimum Gasteiger partial charge on any atom is -0.354 e. The lowest BCUT2D eigenvalue weighted by atomic mass is 9.88. The monoisotopic (exact) mass is 761 g/mol. The number of halogens is 6. The van der Waals surface area contributed by atoms with E-state index in [0.717, 1.165) is 54.9 Å². The molecule has 7 aromatic rings. The Labute approximate surface area is 319 Å². The third-order valence-corrected chi connectivity index (χ3v) is 10.4. The van der Waals surface area contributed by atoms with Crippen molar-refractivity contribution >= 4 is 44.6 Å². The number of hydrogen-bond donors (Lipinski definition) is 2. The van der Waals surface area contributed by atoms with Crippen LogP contribution in [0.1, 0.15) is 45.5 Å². The highest BCUT2D eigenvalue weighted by Gasteiger charge is 2.38. The average molecular weight is 762 g/mol. The van der Waals surface area contributed by atoms with E-state index in [-0.39, 0.29) is 11.2 Å². The van der Waals surface area contributed by atoms with Gasteiger partial charge in [-0.15, -0.1) is 0 Å². The van der Waals surface area contributed by atoms with E-state index in [4.69, 9.17) is 12.2 Å². The van der Waals surface area contributed by atoms with Crippen LogP contribution in [-0.2, 0) is 25.4 Å². The first-order chi connectivity index (χ1) is 26.4. The van der Waals surface area contributed by atoms with Gasteiger partial charge in [-0.1, -0.05) is 133 Å². The van der Waals surface area contributed by atoms with E-state index >= 15 is 0 Å². The van der Waals surface area contributed by atoms with Crippen molar-refractivity contribution in [3.63, 3.8) is 0 Å². The van der Waals surface area contributed by atoms with Gasteiger partial charge in [0.05, 0.1) is 23.2 Å². The second kappa shape index (κ2) is 14.5. The van der Waals surface area contributed by atoms with Gasteiger partial charge in [-0.05, 0) is 85.3 Å². The van der Waals surface area contributed by atoms with Crippen molar-refractivity contribution in [2.24, 2.45) is 0 Å². The maximum Gasteiger partial charge on any atom is 0.416 e. The number of anilines is 1. The van der Waals surface area contributed by atoms with Crippen LogP contribution in [0.3, 0.4) is 0 Å². The SMILES string of the molecule is FC(F)(F)c1cc(NC(=S)NC(c2ccccc2)C(c2ccccc2)N2Cc3ccc4ccccc4c3-c3c(ccc4ccccc34)C2)cc(C(F)(F)F)c1. The summed E-state index contributed by atoms with van der Waals surface area (Å²) < 4.78 is 82.6. The predicted octanol–water partition coefficient (Wildman–Crippen LogP) is 12.5. The molecular weight excluding hydrogens is 729 g/mol. The summed E-state index contributed by atoms with van der Waals surface area (Å²) in [6.07, 6.45) is -10.0. The summed E-state index contributed by atoms with van der Waals surface area (Å²) in [7, 11) is 0. The molecule has 276 valence electrons. The van der Waals surface area contributed by atoms with Gasteiger partial charge in [0.2, 0.25) is 0 Å². The summed E-state index contributed by atoms with van der Waals surface area (Å²) in [5.74, 6) is 0. The van der Waals surface area contributed by atoms with E-state index in [0.29, 0.717) is 25.2 Å². The van der Waals surface area contributed by atoms with Crippen LogP contribution < -0.4 is 10.6 Å². The minimum absolute atomic E-state index is 0.0985. The maximum absolute atomic E-state index is 13.8. The van der Waals surface area contributed by atoms with Crippen molar-refractivity contribution < 1.29 is 26.3 Å². The molecule has 1 aliphatic heterocycles. The topological polar surface area (TPSA) is 27.3 Å². The lowest BCUT2D eigenvalue weighted by molar-refractivity contribution is -0.143. The maximum atomic E-state index is 13.8. The number of alkyl halides is 6. The molecule has 1 heterocycles. The molecule has 0 amide bonds. The first-order valence-electron chi connectivity index (χ1n) is 17.7. The van der Waals surface area contributed by atoms with Gasteiger partial charge >= 0.3 is 12.4 Å². The largest absolute Gasteiger partial charge is 0.416 e. The van der Waals surface area contributed by atoms with Crippen molar-refractivity contribution in [2.45, 2.75) is 37.5 Å². The third kappa shape index (κ3) is 7.39. The lowest BCUT2D eigenvalue weighted by Crippen LogP contribution is -2.41. The highest BCUT2D eigenvalue weighted by Crippen LogP contribution is 2.46. The molecule has 0 bridgehead atoms. The van der Waals surface area contributed by atoms with Crippen LogP contribution in [0.5, 0.6) is 0 Å². The van der Waals surface area contributed by atoms with Crippen molar-refractivity contribution in [3.05, 3.63) is 185 Å². The van der Waals surface area contributed by atoms with Gasteiger partial charge in [0.25, 0.3) is 0 Å². The first kappa shape index (κ1) is 36.3. The molecule has 1 aliphatic rings. The Morgan fingerprint density at radius 3 is 1.49 bits per heavy atom. The molecule has 0 aromatic heterocycles. The van der Waals surface area contributed by atoms with Gasteiger partial charge in [0.15, 0.2) is 5.11 Å². The minimum atomic E-state index is -5.01. The summed E-state index contributed by atoms with van der Waals surface area (Å²) >= 11 is 5.71. The Morgan fingerprint density at radius 1 is 0.545 bits per heavy atom. The molecule has 8 rings (SSSR count). The van der Waals surface area contributed by atoms with Crippen LogP contribution in [0, 0.1) is 0 Å². The molecule has 0 aliphatic carbocycles. The zero-order chi connectivity index (χ0) is 38.3. The molecule has 2 N–H and O–H groups in total. The van der Waals surface area contributed by atoms with Crippen molar-refractivity contribution in [3.8, 4) is 11.1 Å². The van der Waals surface area contributed by atoms with E-state index in [2.05, 4.69) is 64.1 Å². The highest BCUT2D eigenvalue weighted by molar-refractivity contribution is 7.80. The number of rotatable bonds is 6. The zero-order valence-electron chi connectivity index (χ0n) is 29.1.